The lowest BCUT2D eigenvalue weighted by atomic mass is 10.0. The number of phenolic OH excluding ortho intramolecular Hbond substituents is 1. The van der Waals surface area contributed by atoms with Crippen molar-refractivity contribution in [3.05, 3.63) is 65.5 Å². The quantitative estimate of drug-likeness (QED) is 0.775. The van der Waals surface area contributed by atoms with Gasteiger partial charge in [0.15, 0.2) is 0 Å². The largest absolute Gasteiger partial charge is 0.508 e. The summed E-state index contributed by atoms with van der Waals surface area (Å²) in [5.74, 6) is 0.279. The van der Waals surface area contributed by atoms with Gasteiger partial charge in [-0.2, -0.15) is 5.10 Å². The average Bonchev–Trinajstić information content (AvgIpc) is 2.83. The number of benzene rings is 2. The van der Waals surface area contributed by atoms with E-state index in [2.05, 4.69) is 43.2 Å². The number of aromatic nitrogens is 2. The molecule has 3 heteroatoms. The lowest BCUT2D eigenvalue weighted by Crippen LogP contribution is -1.99. The van der Waals surface area contributed by atoms with Gasteiger partial charge in [0, 0.05) is 11.3 Å². The van der Waals surface area contributed by atoms with Gasteiger partial charge in [-0.15, -0.1) is 0 Å². The summed E-state index contributed by atoms with van der Waals surface area (Å²) in [4.78, 5) is 0. The Bertz CT molecular complexity index is 784. The van der Waals surface area contributed by atoms with Gasteiger partial charge in [-0.3, -0.25) is 0 Å². The Balaban J connectivity index is 2.07. The standard InChI is InChI=1S/C19H20N2O/c1-4-15-5-9-17(10-6-15)21-14(3)19(13(2)20-21)16-7-11-18(22)12-8-16/h5-12,22H,4H2,1-3H3. The molecule has 1 heterocycles. The van der Waals surface area contributed by atoms with Crippen LogP contribution in [0.4, 0.5) is 0 Å². The summed E-state index contributed by atoms with van der Waals surface area (Å²) >= 11 is 0. The Morgan fingerprint density at radius 3 is 2.18 bits per heavy atom. The predicted molar refractivity (Wildman–Crippen MR) is 89.5 cm³/mol. The highest BCUT2D eigenvalue weighted by molar-refractivity contribution is 5.69. The molecule has 0 radical (unpaired) electrons. The fourth-order valence-electron chi connectivity index (χ4n) is 2.81. The van der Waals surface area contributed by atoms with E-state index in [1.807, 2.05) is 23.7 Å². The molecule has 1 aromatic heterocycles. The molecule has 2 aromatic carbocycles. The predicted octanol–water partition coefficient (Wildman–Crippen LogP) is 4.42. The first-order chi connectivity index (χ1) is 10.6. The van der Waals surface area contributed by atoms with Crippen LogP contribution in [0, 0.1) is 13.8 Å². The van der Waals surface area contributed by atoms with Gasteiger partial charge >= 0.3 is 0 Å². The number of hydrogen-bond acceptors (Lipinski definition) is 2. The molecule has 0 aliphatic carbocycles. The van der Waals surface area contributed by atoms with Crippen LogP contribution in [0.25, 0.3) is 16.8 Å². The molecule has 0 saturated carbocycles. The van der Waals surface area contributed by atoms with E-state index in [0.717, 1.165) is 34.6 Å². The minimum Gasteiger partial charge on any atom is -0.508 e. The SMILES string of the molecule is CCc1ccc(-n2nc(C)c(-c3ccc(O)cc3)c2C)cc1. The minimum absolute atomic E-state index is 0.279. The summed E-state index contributed by atoms with van der Waals surface area (Å²) < 4.78 is 1.98. The molecule has 3 aromatic rings. The van der Waals surface area contributed by atoms with E-state index in [-0.39, 0.29) is 5.75 Å². The second-order valence-electron chi connectivity index (χ2n) is 5.52. The second kappa shape index (κ2) is 5.68. The van der Waals surface area contributed by atoms with Crippen molar-refractivity contribution in [2.75, 3.05) is 0 Å². The number of aryl methyl sites for hydroxylation is 2. The summed E-state index contributed by atoms with van der Waals surface area (Å²) in [5.41, 5.74) is 6.69. The molecule has 0 spiro atoms. The molecule has 112 valence electrons. The van der Waals surface area contributed by atoms with Crippen LogP contribution in [0.5, 0.6) is 5.75 Å². The van der Waals surface area contributed by atoms with Crippen LogP contribution in [0.15, 0.2) is 48.5 Å². The van der Waals surface area contributed by atoms with Gasteiger partial charge in [0.25, 0.3) is 0 Å². The lowest BCUT2D eigenvalue weighted by molar-refractivity contribution is 0.475. The van der Waals surface area contributed by atoms with Gasteiger partial charge < -0.3 is 5.11 Å². The summed E-state index contributed by atoms with van der Waals surface area (Å²) in [6, 6.07) is 15.8. The van der Waals surface area contributed by atoms with Crippen LogP contribution in [-0.2, 0) is 6.42 Å². The third-order valence-corrected chi connectivity index (χ3v) is 4.04. The normalized spacial score (nSPS) is 10.9. The maximum Gasteiger partial charge on any atom is 0.115 e. The van der Waals surface area contributed by atoms with Crippen LogP contribution in [-0.4, -0.2) is 14.9 Å². The van der Waals surface area contributed by atoms with Crippen molar-refractivity contribution in [3.63, 3.8) is 0 Å². The third-order valence-electron chi connectivity index (χ3n) is 4.04. The topological polar surface area (TPSA) is 38.0 Å². The van der Waals surface area contributed by atoms with Crippen molar-refractivity contribution in [2.24, 2.45) is 0 Å². The summed E-state index contributed by atoms with van der Waals surface area (Å²) in [7, 11) is 0. The first-order valence-corrected chi connectivity index (χ1v) is 7.55. The maximum atomic E-state index is 9.45. The van der Waals surface area contributed by atoms with Gasteiger partial charge in [0.05, 0.1) is 11.4 Å². The van der Waals surface area contributed by atoms with Gasteiger partial charge in [-0.1, -0.05) is 31.2 Å². The molecule has 0 amide bonds. The highest BCUT2D eigenvalue weighted by atomic mass is 16.3. The summed E-state index contributed by atoms with van der Waals surface area (Å²) in [6.45, 7) is 6.25. The fraction of sp³-hybridized carbons (Fsp3) is 0.211. The molecular weight excluding hydrogens is 272 g/mol. The lowest BCUT2D eigenvalue weighted by Gasteiger charge is -2.07. The minimum atomic E-state index is 0.279. The molecule has 0 bridgehead atoms. The molecule has 0 aliphatic rings. The number of aromatic hydroxyl groups is 1. The van der Waals surface area contributed by atoms with Gasteiger partial charge in [0.1, 0.15) is 5.75 Å². The first-order valence-electron chi connectivity index (χ1n) is 7.55. The molecule has 22 heavy (non-hydrogen) atoms. The molecule has 0 atom stereocenters. The van der Waals surface area contributed by atoms with Crippen molar-refractivity contribution in [2.45, 2.75) is 27.2 Å². The smallest absolute Gasteiger partial charge is 0.115 e. The molecule has 1 N–H and O–H groups in total. The van der Waals surface area contributed by atoms with Crippen molar-refractivity contribution >= 4 is 0 Å². The zero-order valence-corrected chi connectivity index (χ0v) is 13.2. The Hall–Kier alpha value is -2.55. The summed E-state index contributed by atoms with van der Waals surface area (Å²) in [5, 5.41) is 14.1. The van der Waals surface area contributed by atoms with E-state index < -0.39 is 0 Å². The van der Waals surface area contributed by atoms with E-state index in [0.29, 0.717) is 0 Å². The zero-order valence-electron chi connectivity index (χ0n) is 13.2. The molecule has 0 unspecified atom stereocenters. The van der Waals surface area contributed by atoms with Crippen molar-refractivity contribution in [1.82, 2.24) is 9.78 Å². The Morgan fingerprint density at radius 2 is 1.59 bits per heavy atom. The van der Waals surface area contributed by atoms with Gasteiger partial charge in [-0.25, -0.2) is 4.68 Å². The van der Waals surface area contributed by atoms with Crippen LogP contribution < -0.4 is 0 Å². The molecule has 0 saturated heterocycles. The summed E-state index contributed by atoms with van der Waals surface area (Å²) in [6.07, 6.45) is 1.04. The fourth-order valence-corrected chi connectivity index (χ4v) is 2.81. The van der Waals surface area contributed by atoms with Crippen LogP contribution >= 0.6 is 0 Å². The average molecular weight is 292 g/mol. The van der Waals surface area contributed by atoms with Crippen LogP contribution in [0.3, 0.4) is 0 Å². The van der Waals surface area contributed by atoms with E-state index in [4.69, 9.17) is 0 Å². The second-order valence-corrected chi connectivity index (χ2v) is 5.52. The highest BCUT2D eigenvalue weighted by Crippen LogP contribution is 2.29. The van der Waals surface area contributed by atoms with Crippen LogP contribution in [0.1, 0.15) is 23.9 Å². The van der Waals surface area contributed by atoms with Gasteiger partial charge in [-0.05, 0) is 55.7 Å². The van der Waals surface area contributed by atoms with Crippen molar-refractivity contribution in [1.29, 1.82) is 0 Å². The first kappa shape index (κ1) is 14.4. The van der Waals surface area contributed by atoms with E-state index >= 15 is 0 Å². The van der Waals surface area contributed by atoms with E-state index in [9.17, 15) is 5.11 Å². The Morgan fingerprint density at radius 1 is 0.955 bits per heavy atom. The number of rotatable bonds is 3. The highest BCUT2D eigenvalue weighted by Gasteiger charge is 2.14. The molecule has 0 fully saturated rings. The van der Waals surface area contributed by atoms with Crippen molar-refractivity contribution < 1.29 is 5.11 Å². The molecule has 3 rings (SSSR count). The third kappa shape index (κ3) is 2.50. The molecule has 3 nitrogen and oxygen atoms in total. The Labute approximate surface area is 130 Å². The zero-order chi connectivity index (χ0) is 15.7. The number of nitrogens with zero attached hydrogens (tertiary/aromatic N) is 2. The number of phenols is 1. The molecule has 0 aliphatic heterocycles. The van der Waals surface area contributed by atoms with Crippen LogP contribution in [0.2, 0.25) is 0 Å². The van der Waals surface area contributed by atoms with Gasteiger partial charge in [0.2, 0.25) is 0 Å². The van der Waals surface area contributed by atoms with E-state index in [1.54, 1.807) is 12.1 Å². The van der Waals surface area contributed by atoms with E-state index in [1.165, 1.54) is 5.56 Å². The Kier molecular flexibility index (Phi) is 3.72. The van der Waals surface area contributed by atoms with Crippen molar-refractivity contribution in [3.8, 4) is 22.6 Å². The number of hydrogen-bond donors (Lipinski definition) is 1. The monoisotopic (exact) mass is 292 g/mol. The molecular formula is C19H20N2O. The maximum absolute atomic E-state index is 9.45.